The van der Waals surface area contributed by atoms with E-state index < -0.39 is 0 Å². The fourth-order valence-corrected chi connectivity index (χ4v) is 1.52. The van der Waals surface area contributed by atoms with Gasteiger partial charge in [-0.2, -0.15) is 0 Å². The summed E-state index contributed by atoms with van der Waals surface area (Å²) in [5, 5.41) is 14.4. The van der Waals surface area contributed by atoms with Crippen LogP contribution in [0.15, 0.2) is 12.1 Å². The van der Waals surface area contributed by atoms with Crippen molar-refractivity contribution in [3.05, 3.63) is 17.8 Å². The van der Waals surface area contributed by atoms with Crippen LogP contribution in [-0.2, 0) is 0 Å². The first-order valence-corrected chi connectivity index (χ1v) is 6.19. The highest BCUT2D eigenvalue weighted by molar-refractivity contribution is 5.91. The molecule has 0 radical (unpaired) electrons. The summed E-state index contributed by atoms with van der Waals surface area (Å²) < 4.78 is 0. The zero-order valence-electron chi connectivity index (χ0n) is 10.8. The van der Waals surface area contributed by atoms with Gasteiger partial charge in [0.25, 0.3) is 5.91 Å². The Morgan fingerprint density at radius 2 is 2.11 bits per heavy atom. The predicted octanol–water partition coefficient (Wildman–Crippen LogP) is 0.342. The molecule has 0 spiro atoms. The SMILES string of the molecule is CN(C)C(=O)c1ccc(NCCNC2CC2)nn1. The van der Waals surface area contributed by atoms with E-state index in [1.807, 2.05) is 0 Å². The summed E-state index contributed by atoms with van der Waals surface area (Å²) in [7, 11) is 3.39. The Bertz CT molecular complexity index is 399. The number of rotatable bonds is 6. The number of carbonyl (C=O) groups is 1. The van der Waals surface area contributed by atoms with Crippen LogP contribution < -0.4 is 10.6 Å². The standard InChI is InChI=1S/C12H19N5O/c1-17(2)12(18)10-5-6-11(16-15-10)14-8-7-13-9-3-4-9/h5-6,9,13H,3-4,7-8H2,1-2H3,(H,14,16). The van der Waals surface area contributed by atoms with E-state index >= 15 is 0 Å². The van der Waals surface area contributed by atoms with Crippen molar-refractivity contribution >= 4 is 11.7 Å². The van der Waals surface area contributed by atoms with Gasteiger partial charge in [-0.25, -0.2) is 0 Å². The van der Waals surface area contributed by atoms with Gasteiger partial charge in [0.05, 0.1) is 0 Å². The Labute approximate surface area is 107 Å². The van der Waals surface area contributed by atoms with Gasteiger partial charge < -0.3 is 15.5 Å². The number of nitrogens with one attached hydrogen (secondary N) is 2. The second kappa shape index (κ2) is 5.77. The first-order valence-electron chi connectivity index (χ1n) is 6.19. The first kappa shape index (κ1) is 12.8. The van der Waals surface area contributed by atoms with Gasteiger partial charge in [0, 0.05) is 33.2 Å². The van der Waals surface area contributed by atoms with Crippen LogP contribution in [0.5, 0.6) is 0 Å². The quantitative estimate of drug-likeness (QED) is 0.712. The van der Waals surface area contributed by atoms with Crippen LogP contribution in [0.2, 0.25) is 0 Å². The van der Waals surface area contributed by atoms with Crippen molar-refractivity contribution in [2.75, 3.05) is 32.5 Å². The van der Waals surface area contributed by atoms with Crippen molar-refractivity contribution in [3.8, 4) is 0 Å². The number of aromatic nitrogens is 2. The van der Waals surface area contributed by atoms with E-state index in [1.165, 1.54) is 17.7 Å². The van der Waals surface area contributed by atoms with Gasteiger partial charge in [-0.3, -0.25) is 4.79 Å². The Kier molecular flexibility index (Phi) is 4.09. The van der Waals surface area contributed by atoms with Gasteiger partial charge in [-0.1, -0.05) is 0 Å². The Morgan fingerprint density at radius 3 is 2.67 bits per heavy atom. The second-order valence-corrected chi connectivity index (χ2v) is 4.66. The number of hydrogen-bond donors (Lipinski definition) is 2. The molecule has 1 aromatic heterocycles. The third-order valence-corrected chi connectivity index (χ3v) is 2.73. The van der Waals surface area contributed by atoms with Crippen molar-refractivity contribution in [1.82, 2.24) is 20.4 Å². The molecule has 1 aliphatic carbocycles. The summed E-state index contributed by atoms with van der Waals surface area (Å²) in [6.45, 7) is 1.73. The normalized spacial score (nSPS) is 14.3. The third-order valence-electron chi connectivity index (χ3n) is 2.73. The number of hydrogen-bond acceptors (Lipinski definition) is 5. The second-order valence-electron chi connectivity index (χ2n) is 4.66. The molecule has 0 unspecified atom stereocenters. The summed E-state index contributed by atoms with van der Waals surface area (Å²) in [5.41, 5.74) is 0.363. The van der Waals surface area contributed by atoms with E-state index in [-0.39, 0.29) is 5.91 Å². The summed E-state index contributed by atoms with van der Waals surface area (Å²) in [5.74, 6) is 0.562. The Balaban J connectivity index is 1.77. The predicted molar refractivity (Wildman–Crippen MR) is 69.6 cm³/mol. The van der Waals surface area contributed by atoms with Gasteiger partial charge in [0.2, 0.25) is 0 Å². The van der Waals surface area contributed by atoms with Crippen molar-refractivity contribution in [1.29, 1.82) is 0 Å². The lowest BCUT2D eigenvalue weighted by atomic mass is 10.3. The Morgan fingerprint density at radius 1 is 1.33 bits per heavy atom. The summed E-state index contributed by atoms with van der Waals surface area (Å²) >= 11 is 0. The molecule has 0 bridgehead atoms. The van der Waals surface area contributed by atoms with Crippen molar-refractivity contribution < 1.29 is 4.79 Å². The maximum atomic E-state index is 11.6. The van der Waals surface area contributed by atoms with Crippen LogP contribution in [0.25, 0.3) is 0 Å². The molecule has 0 aliphatic heterocycles. The summed E-state index contributed by atoms with van der Waals surface area (Å²) in [6, 6.07) is 4.19. The number of carbonyl (C=O) groups excluding carboxylic acids is 1. The Hall–Kier alpha value is -1.69. The molecule has 2 N–H and O–H groups in total. The largest absolute Gasteiger partial charge is 0.367 e. The van der Waals surface area contributed by atoms with Gasteiger partial charge in [-0.05, 0) is 25.0 Å². The summed E-state index contributed by atoms with van der Waals surface area (Å²) in [6.07, 6.45) is 2.59. The summed E-state index contributed by atoms with van der Waals surface area (Å²) in [4.78, 5) is 13.1. The zero-order chi connectivity index (χ0) is 13.0. The molecule has 1 saturated carbocycles. The third kappa shape index (κ3) is 3.66. The topological polar surface area (TPSA) is 70.2 Å². The van der Waals surface area contributed by atoms with Gasteiger partial charge in [-0.15, -0.1) is 10.2 Å². The molecule has 0 saturated heterocycles. The highest BCUT2D eigenvalue weighted by Crippen LogP contribution is 2.17. The monoisotopic (exact) mass is 249 g/mol. The zero-order valence-corrected chi connectivity index (χ0v) is 10.8. The maximum absolute atomic E-state index is 11.6. The average Bonchev–Trinajstić information content (AvgIpc) is 3.18. The van der Waals surface area contributed by atoms with Crippen LogP contribution in [0.3, 0.4) is 0 Å². The van der Waals surface area contributed by atoms with E-state index in [9.17, 15) is 4.79 Å². The van der Waals surface area contributed by atoms with E-state index in [0.29, 0.717) is 11.5 Å². The number of amides is 1. The lowest BCUT2D eigenvalue weighted by Gasteiger charge is -2.09. The lowest BCUT2D eigenvalue weighted by Crippen LogP contribution is -2.25. The molecule has 1 amide bonds. The molecule has 0 aromatic carbocycles. The number of anilines is 1. The van der Waals surface area contributed by atoms with Gasteiger partial charge in [0.15, 0.2) is 5.69 Å². The maximum Gasteiger partial charge on any atom is 0.273 e. The molecular formula is C12H19N5O. The van der Waals surface area contributed by atoms with Crippen molar-refractivity contribution in [3.63, 3.8) is 0 Å². The van der Waals surface area contributed by atoms with Crippen LogP contribution in [-0.4, -0.2) is 54.2 Å². The molecule has 1 aliphatic rings. The fourth-order valence-electron chi connectivity index (χ4n) is 1.52. The average molecular weight is 249 g/mol. The number of nitrogens with zero attached hydrogens (tertiary/aromatic N) is 3. The van der Waals surface area contributed by atoms with Crippen molar-refractivity contribution in [2.45, 2.75) is 18.9 Å². The van der Waals surface area contributed by atoms with E-state index in [0.717, 1.165) is 19.1 Å². The molecule has 98 valence electrons. The van der Waals surface area contributed by atoms with Gasteiger partial charge >= 0.3 is 0 Å². The first-order chi connectivity index (χ1) is 8.66. The minimum Gasteiger partial charge on any atom is -0.367 e. The molecule has 6 nitrogen and oxygen atoms in total. The van der Waals surface area contributed by atoms with Gasteiger partial charge in [0.1, 0.15) is 5.82 Å². The van der Waals surface area contributed by atoms with Crippen LogP contribution in [0.4, 0.5) is 5.82 Å². The van der Waals surface area contributed by atoms with Crippen LogP contribution in [0.1, 0.15) is 23.3 Å². The molecule has 1 aromatic rings. The minimum absolute atomic E-state index is 0.135. The highest BCUT2D eigenvalue weighted by Gasteiger charge is 2.19. The minimum atomic E-state index is -0.135. The molecule has 1 fully saturated rings. The lowest BCUT2D eigenvalue weighted by molar-refractivity contribution is 0.0821. The highest BCUT2D eigenvalue weighted by atomic mass is 16.2. The molecule has 1 heterocycles. The fraction of sp³-hybridized carbons (Fsp3) is 0.583. The van der Waals surface area contributed by atoms with Crippen LogP contribution in [0, 0.1) is 0 Å². The van der Waals surface area contributed by atoms with E-state index in [1.54, 1.807) is 26.2 Å². The van der Waals surface area contributed by atoms with Crippen molar-refractivity contribution in [2.24, 2.45) is 0 Å². The molecule has 2 rings (SSSR count). The molecular weight excluding hydrogens is 230 g/mol. The van der Waals surface area contributed by atoms with E-state index in [2.05, 4.69) is 20.8 Å². The molecule has 0 atom stereocenters. The van der Waals surface area contributed by atoms with E-state index in [4.69, 9.17) is 0 Å². The molecule has 18 heavy (non-hydrogen) atoms. The molecule has 6 heteroatoms. The smallest absolute Gasteiger partial charge is 0.273 e. The van der Waals surface area contributed by atoms with Crippen LogP contribution >= 0.6 is 0 Å².